The van der Waals surface area contributed by atoms with Gasteiger partial charge in [0.1, 0.15) is 5.52 Å². The number of para-hydroxylation sites is 1. The number of hydrogen-bond donors (Lipinski definition) is 0. The number of nitrogens with zero attached hydrogens (tertiary/aromatic N) is 3. The van der Waals surface area contributed by atoms with Gasteiger partial charge in [-0.15, -0.1) is 5.10 Å². The van der Waals surface area contributed by atoms with Crippen LogP contribution < -0.4 is 0 Å². The average Bonchev–Trinajstić information content (AvgIpc) is 2.82. The van der Waals surface area contributed by atoms with Crippen molar-refractivity contribution in [2.75, 3.05) is 0 Å². The molecule has 0 amide bonds. The van der Waals surface area contributed by atoms with Crippen molar-refractivity contribution in [3.63, 3.8) is 0 Å². The van der Waals surface area contributed by atoms with Gasteiger partial charge >= 0.3 is 0 Å². The Morgan fingerprint density at radius 2 is 1.65 bits per heavy atom. The molecule has 0 radical (unpaired) electrons. The van der Waals surface area contributed by atoms with Gasteiger partial charge in [-0.3, -0.25) is 0 Å². The van der Waals surface area contributed by atoms with E-state index in [-0.39, 0.29) is 5.41 Å². The van der Waals surface area contributed by atoms with Crippen LogP contribution >= 0.6 is 0 Å². The second-order valence-electron chi connectivity index (χ2n) is 6.18. The van der Waals surface area contributed by atoms with Crippen LogP contribution in [0.25, 0.3) is 11.0 Å². The fourth-order valence-corrected chi connectivity index (χ4v) is 2.32. The Labute approximate surface area is 119 Å². The molecule has 3 aromatic rings. The van der Waals surface area contributed by atoms with Gasteiger partial charge < -0.3 is 0 Å². The molecule has 3 nitrogen and oxygen atoms in total. The average molecular weight is 265 g/mol. The third kappa shape index (κ3) is 2.44. The van der Waals surface area contributed by atoms with Crippen LogP contribution in [-0.4, -0.2) is 15.0 Å². The molecule has 0 aliphatic heterocycles. The van der Waals surface area contributed by atoms with E-state index in [1.807, 2.05) is 22.9 Å². The highest BCUT2D eigenvalue weighted by Crippen LogP contribution is 2.22. The van der Waals surface area contributed by atoms with Crippen LogP contribution in [-0.2, 0) is 12.0 Å². The number of hydrogen-bond acceptors (Lipinski definition) is 2. The quantitative estimate of drug-likeness (QED) is 0.706. The first-order valence-corrected chi connectivity index (χ1v) is 6.92. The molecule has 0 fully saturated rings. The summed E-state index contributed by atoms with van der Waals surface area (Å²) in [6, 6.07) is 16.8. The number of rotatable bonds is 2. The first-order chi connectivity index (χ1) is 9.54. The van der Waals surface area contributed by atoms with Crippen LogP contribution in [0.1, 0.15) is 31.9 Å². The molecule has 0 aliphatic carbocycles. The molecule has 1 heterocycles. The van der Waals surface area contributed by atoms with Crippen molar-refractivity contribution in [2.45, 2.75) is 32.7 Å². The largest absolute Gasteiger partial charge is 0.240 e. The van der Waals surface area contributed by atoms with Gasteiger partial charge in [-0.2, -0.15) is 0 Å². The summed E-state index contributed by atoms with van der Waals surface area (Å²) in [5.41, 5.74) is 4.81. The molecule has 3 rings (SSSR count). The zero-order chi connectivity index (χ0) is 14.2. The zero-order valence-corrected chi connectivity index (χ0v) is 12.2. The van der Waals surface area contributed by atoms with Crippen LogP contribution in [0.2, 0.25) is 0 Å². The predicted molar refractivity (Wildman–Crippen MR) is 81.8 cm³/mol. The maximum atomic E-state index is 4.23. The summed E-state index contributed by atoms with van der Waals surface area (Å²) in [7, 11) is 0. The minimum absolute atomic E-state index is 0.193. The standard InChI is InChI=1S/C17H19N3/c1-17(2,3)14-10-8-13(9-11-14)12-20-16-7-5-4-6-15(16)18-19-20/h4-11H,12H2,1-3H3. The highest BCUT2D eigenvalue weighted by molar-refractivity contribution is 5.73. The number of benzene rings is 2. The summed E-state index contributed by atoms with van der Waals surface area (Å²) in [4.78, 5) is 0. The molecule has 0 spiro atoms. The molecule has 0 aliphatic rings. The fourth-order valence-electron chi connectivity index (χ4n) is 2.32. The van der Waals surface area contributed by atoms with E-state index in [0.717, 1.165) is 17.6 Å². The van der Waals surface area contributed by atoms with Gasteiger partial charge in [0.05, 0.1) is 12.1 Å². The Kier molecular flexibility index (Phi) is 3.05. The molecule has 102 valence electrons. The van der Waals surface area contributed by atoms with Gasteiger partial charge in [-0.25, -0.2) is 4.68 Å². The molecule has 0 saturated carbocycles. The van der Waals surface area contributed by atoms with E-state index in [2.05, 4.69) is 61.4 Å². The lowest BCUT2D eigenvalue weighted by molar-refractivity contribution is 0.589. The lowest BCUT2D eigenvalue weighted by Gasteiger charge is -2.19. The summed E-state index contributed by atoms with van der Waals surface area (Å²) < 4.78 is 1.95. The Balaban J connectivity index is 1.88. The Morgan fingerprint density at radius 1 is 0.950 bits per heavy atom. The van der Waals surface area contributed by atoms with E-state index in [9.17, 15) is 0 Å². The van der Waals surface area contributed by atoms with Crippen molar-refractivity contribution in [1.29, 1.82) is 0 Å². The van der Waals surface area contributed by atoms with Crippen LogP contribution in [0.5, 0.6) is 0 Å². The molecule has 0 unspecified atom stereocenters. The van der Waals surface area contributed by atoms with Gasteiger partial charge in [0.25, 0.3) is 0 Å². The molecule has 0 bridgehead atoms. The second kappa shape index (κ2) is 4.75. The Bertz CT molecular complexity index is 718. The Morgan fingerprint density at radius 3 is 2.35 bits per heavy atom. The summed E-state index contributed by atoms with van der Waals surface area (Å²) >= 11 is 0. The molecular formula is C17H19N3. The van der Waals surface area contributed by atoms with Gasteiger partial charge in [0, 0.05) is 0 Å². The smallest absolute Gasteiger partial charge is 0.113 e. The van der Waals surface area contributed by atoms with E-state index in [4.69, 9.17) is 0 Å². The van der Waals surface area contributed by atoms with E-state index in [0.29, 0.717) is 0 Å². The van der Waals surface area contributed by atoms with Gasteiger partial charge in [-0.05, 0) is 28.7 Å². The zero-order valence-electron chi connectivity index (χ0n) is 12.2. The number of aromatic nitrogens is 3. The summed E-state index contributed by atoms with van der Waals surface area (Å²) in [5.74, 6) is 0. The highest BCUT2D eigenvalue weighted by atomic mass is 15.4. The van der Waals surface area contributed by atoms with Crippen molar-refractivity contribution >= 4 is 11.0 Å². The SMILES string of the molecule is CC(C)(C)c1ccc(Cn2nnc3ccccc32)cc1. The molecule has 20 heavy (non-hydrogen) atoms. The van der Waals surface area contributed by atoms with Gasteiger partial charge in [0.2, 0.25) is 0 Å². The molecular weight excluding hydrogens is 246 g/mol. The lowest BCUT2D eigenvalue weighted by atomic mass is 9.87. The minimum Gasteiger partial charge on any atom is -0.240 e. The van der Waals surface area contributed by atoms with E-state index >= 15 is 0 Å². The van der Waals surface area contributed by atoms with E-state index in [1.54, 1.807) is 0 Å². The first kappa shape index (κ1) is 12.9. The maximum absolute atomic E-state index is 4.23. The minimum atomic E-state index is 0.193. The molecule has 1 aromatic heterocycles. The molecule has 0 N–H and O–H groups in total. The summed E-state index contributed by atoms with van der Waals surface area (Å²) in [5, 5.41) is 8.41. The molecule has 2 aromatic carbocycles. The second-order valence-corrected chi connectivity index (χ2v) is 6.18. The summed E-state index contributed by atoms with van der Waals surface area (Å²) in [6.45, 7) is 7.44. The van der Waals surface area contributed by atoms with Crippen molar-refractivity contribution in [1.82, 2.24) is 15.0 Å². The third-order valence-electron chi connectivity index (χ3n) is 3.57. The van der Waals surface area contributed by atoms with Crippen molar-refractivity contribution in [3.8, 4) is 0 Å². The van der Waals surface area contributed by atoms with Crippen LogP contribution in [0.3, 0.4) is 0 Å². The van der Waals surface area contributed by atoms with Crippen molar-refractivity contribution in [2.24, 2.45) is 0 Å². The van der Waals surface area contributed by atoms with E-state index < -0.39 is 0 Å². The highest BCUT2D eigenvalue weighted by Gasteiger charge is 2.13. The predicted octanol–water partition coefficient (Wildman–Crippen LogP) is 3.78. The van der Waals surface area contributed by atoms with Gasteiger partial charge in [0.15, 0.2) is 0 Å². The van der Waals surface area contributed by atoms with Crippen molar-refractivity contribution < 1.29 is 0 Å². The lowest BCUT2D eigenvalue weighted by Crippen LogP contribution is -2.11. The van der Waals surface area contributed by atoms with E-state index in [1.165, 1.54) is 11.1 Å². The fraction of sp³-hybridized carbons (Fsp3) is 0.294. The van der Waals surface area contributed by atoms with Crippen LogP contribution in [0.4, 0.5) is 0 Å². The summed E-state index contributed by atoms with van der Waals surface area (Å²) in [6.07, 6.45) is 0. The normalized spacial score (nSPS) is 11.9. The monoisotopic (exact) mass is 265 g/mol. The van der Waals surface area contributed by atoms with Crippen molar-refractivity contribution in [3.05, 3.63) is 59.7 Å². The molecule has 0 saturated heterocycles. The number of fused-ring (bicyclic) bond motifs is 1. The van der Waals surface area contributed by atoms with Gasteiger partial charge in [-0.1, -0.05) is 62.4 Å². The third-order valence-corrected chi connectivity index (χ3v) is 3.57. The molecule has 3 heteroatoms. The first-order valence-electron chi connectivity index (χ1n) is 6.92. The topological polar surface area (TPSA) is 30.7 Å². The van der Waals surface area contributed by atoms with Crippen LogP contribution in [0, 0.1) is 0 Å². The van der Waals surface area contributed by atoms with Crippen LogP contribution in [0.15, 0.2) is 48.5 Å². The maximum Gasteiger partial charge on any atom is 0.113 e. The Hall–Kier alpha value is -2.16. The molecule has 0 atom stereocenters.